The Bertz CT molecular complexity index is 1360. The van der Waals surface area contributed by atoms with Crippen LogP contribution >= 0.6 is 0 Å². The van der Waals surface area contributed by atoms with E-state index in [4.69, 9.17) is 5.53 Å². The van der Waals surface area contributed by atoms with Gasteiger partial charge in [-0.25, -0.2) is 0 Å². The van der Waals surface area contributed by atoms with E-state index in [-0.39, 0.29) is 11.0 Å². The summed E-state index contributed by atoms with van der Waals surface area (Å²) in [5.41, 5.74) is 12.1. The van der Waals surface area contributed by atoms with Crippen molar-refractivity contribution in [2.75, 3.05) is 12.1 Å². The van der Waals surface area contributed by atoms with Gasteiger partial charge < -0.3 is 20.1 Å². The highest BCUT2D eigenvalue weighted by Gasteiger charge is 2.75. The molecule has 1 aromatic heterocycles. The van der Waals surface area contributed by atoms with E-state index in [1.165, 1.54) is 62.0 Å². The molecule has 4 nitrogen and oxygen atoms in total. The minimum absolute atomic E-state index is 0.0137. The summed E-state index contributed by atoms with van der Waals surface area (Å²) in [6.45, 7) is 17.6. The van der Waals surface area contributed by atoms with Gasteiger partial charge in [-0.2, -0.15) is 0 Å². The first-order valence-electron chi connectivity index (χ1n) is 12.3. The topological polar surface area (TPSA) is 26.7 Å². The molecule has 0 spiro atoms. The molecule has 0 saturated heterocycles. The van der Waals surface area contributed by atoms with E-state index in [2.05, 4.69) is 88.3 Å². The van der Waals surface area contributed by atoms with Crippen molar-refractivity contribution in [2.45, 2.75) is 65.0 Å². The van der Waals surface area contributed by atoms with E-state index in [0.717, 1.165) is 18.4 Å². The fourth-order valence-corrected chi connectivity index (χ4v) is 7.73. The fourth-order valence-electron chi connectivity index (χ4n) is 7.73. The van der Waals surface area contributed by atoms with E-state index < -0.39 is 0 Å². The third-order valence-electron chi connectivity index (χ3n) is 10.0. The van der Waals surface area contributed by atoms with Crippen molar-refractivity contribution in [3.63, 3.8) is 0 Å². The Morgan fingerprint density at radius 1 is 1.22 bits per heavy atom. The number of hydrogen-bond acceptors (Lipinski definition) is 1. The zero-order valence-corrected chi connectivity index (χ0v) is 20.2. The van der Waals surface area contributed by atoms with Crippen LogP contribution in [-0.2, 0) is 12.0 Å². The average molecular weight is 427 g/mol. The Balaban J connectivity index is 1.51. The molecule has 32 heavy (non-hydrogen) atoms. The van der Waals surface area contributed by atoms with Gasteiger partial charge in [0.1, 0.15) is 11.2 Å². The van der Waals surface area contributed by atoms with Crippen LogP contribution in [0.2, 0.25) is 0 Å². The summed E-state index contributed by atoms with van der Waals surface area (Å²) in [7, 11) is 2.13. The molecule has 3 aromatic rings. The highest BCUT2D eigenvalue weighted by Crippen LogP contribution is 2.66. The lowest BCUT2D eigenvalue weighted by Gasteiger charge is -2.38. The molecule has 2 aliphatic heterocycles. The van der Waals surface area contributed by atoms with Gasteiger partial charge in [0, 0.05) is 29.1 Å². The van der Waals surface area contributed by atoms with Gasteiger partial charge in [-0.15, -0.1) is 0 Å². The lowest BCUT2D eigenvalue weighted by molar-refractivity contribution is -0.827. The first-order valence-corrected chi connectivity index (χ1v) is 12.3. The summed E-state index contributed by atoms with van der Waals surface area (Å²) in [6, 6.07) is 9.24. The maximum Gasteiger partial charge on any atom is 0.156 e. The molecule has 4 unspecified atom stereocenters. The van der Waals surface area contributed by atoms with Gasteiger partial charge in [0.05, 0.1) is 10.9 Å². The maximum atomic E-state index is 5.18. The van der Waals surface area contributed by atoms with Gasteiger partial charge in [-0.1, -0.05) is 52.0 Å². The smallest absolute Gasteiger partial charge is 0.156 e. The van der Waals surface area contributed by atoms with Crippen LogP contribution in [0.3, 0.4) is 0 Å². The molecule has 4 aliphatic rings. The summed E-state index contributed by atoms with van der Waals surface area (Å²) >= 11 is 0. The molecule has 0 bridgehead atoms. The minimum atomic E-state index is -0.0689. The van der Waals surface area contributed by atoms with Crippen LogP contribution in [-0.4, -0.2) is 17.2 Å². The van der Waals surface area contributed by atoms with E-state index in [1.54, 1.807) is 0 Å². The van der Waals surface area contributed by atoms with Gasteiger partial charge in [0.2, 0.25) is 0 Å². The number of hydrogen-bond donors (Lipinski definition) is 1. The summed E-state index contributed by atoms with van der Waals surface area (Å²) < 4.78 is 2.53. The summed E-state index contributed by atoms with van der Waals surface area (Å²) in [6.07, 6.45) is 5.03. The summed E-state index contributed by atoms with van der Waals surface area (Å²) in [5.74, 6) is 1.74. The van der Waals surface area contributed by atoms with Crippen molar-refractivity contribution in [2.24, 2.45) is 17.3 Å². The van der Waals surface area contributed by atoms with Crippen LogP contribution in [0.25, 0.3) is 27.2 Å². The fraction of sp³-hybridized carbons (Fsp3) is 0.500. The monoisotopic (exact) mass is 426 g/mol. The standard InChI is InChI=1S/C28H34N4/c1-8-17-14-21(17)26(3,4)15-31-13-12-19-18-10-9-11-20-22(18)24-25(23(19)31)30(7)29-32(24)28(6)16(2)27(20,28)5/h9-13,17,21,32H,2,8,14-15H2,1,3-7H3/t17?,21?,27?,28-/m1/s1. The number of benzene rings is 2. The van der Waals surface area contributed by atoms with Gasteiger partial charge in [0.25, 0.3) is 0 Å². The summed E-state index contributed by atoms with van der Waals surface area (Å²) in [4.78, 5) is 0. The second kappa shape index (κ2) is 5.43. The van der Waals surface area contributed by atoms with Crippen LogP contribution < -0.4 is 10.0 Å². The van der Waals surface area contributed by atoms with Crippen molar-refractivity contribution in [1.29, 1.82) is 0 Å². The third-order valence-corrected chi connectivity index (χ3v) is 10.0. The highest BCUT2D eigenvalue weighted by molar-refractivity contribution is 6.20. The predicted octanol–water partition coefficient (Wildman–Crippen LogP) is 5.64. The van der Waals surface area contributed by atoms with Crippen LogP contribution in [0, 0.1) is 17.3 Å². The number of rotatable bonds is 4. The number of aromatic nitrogens is 1. The Kier molecular flexibility index (Phi) is 3.26. The van der Waals surface area contributed by atoms with Crippen molar-refractivity contribution in [1.82, 2.24) is 4.57 Å². The molecular weight excluding hydrogens is 392 g/mol. The molecular formula is C28H34N4. The second-order valence-corrected chi connectivity index (χ2v) is 11.9. The maximum absolute atomic E-state index is 5.18. The highest BCUT2D eigenvalue weighted by atomic mass is 15.8. The number of fused-ring (bicyclic) bond motifs is 6. The number of anilines is 1. The number of nitrogens with zero attached hydrogens (tertiary/aromatic N) is 3. The van der Waals surface area contributed by atoms with E-state index in [0.29, 0.717) is 5.41 Å². The molecule has 0 amide bonds. The number of quaternary nitrogens is 1. The van der Waals surface area contributed by atoms with E-state index in [9.17, 15) is 0 Å². The van der Waals surface area contributed by atoms with E-state index >= 15 is 0 Å². The van der Waals surface area contributed by atoms with Crippen LogP contribution in [0.4, 0.5) is 11.4 Å². The lowest BCUT2D eigenvalue weighted by atomic mass is 9.83. The largest absolute Gasteiger partial charge is 0.422 e. The molecule has 2 aromatic carbocycles. The minimum Gasteiger partial charge on any atom is -0.422 e. The molecule has 4 heteroatoms. The molecule has 7 rings (SSSR count). The first-order chi connectivity index (χ1) is 15.2. The Labute approximate surface area is 190 Å². The van der Waals surface area contributed by atoms with Gasteiger partial charge >= 0.3 is 0 Å². The van der Waals surface area contributed by atoms with E-state index in [1.807, 2.05) is 0 Å². The van der Waals surface area contributed by atoms with Crippen LogP contribution in [0.1, 0.15) is 53.0 Å². The average Bonchev–Trinajstić information content (AvgIpc) is 3.52. The molecule has 2 aliphatic carbocycles. The molecule has 0 radical (unpaired) electrons. The Morgan fingerprint density at radius 2 is 2.00 bits per heavy atom. The Morgan fingerprint density at radius 3 is 2.72 bits per heavy atom. The van der Waals surface area contributed by atoms with Crippen molar-refractivity contribution in [3.05, 3.63) is 53.7 Å². The van der Waals surface area contributed by atoms with Gasteiger partial charge in [0.15, 0.2) is 5.69 Å². The number of nitrogens with one attached hydrogen (secondary N) is 1. The predicted molar refractivity (Wildman–Crippen MR) is 132 cm³/mol. The van der Waals surface area contributed by atoms with Crippen molar-refractivity contribution >= 4 is 33.1 Å². The Hall–Kier alpha value is -2.30. The first kappa shape index (κ1) is 19.2. The zero-order valence-electron chi connectivity index (χ0n) is 20.2. The normalized spacial score (nSPS) is 34.5. The SMILES string of the molecule is C=C1C2(C)c3cccc4c3c3c(c5c4ccn5CC(C)(C)C4CC4CC)N(C)[N-][NH+]3[C@]12C. The molecule has 5 atom stereocenters. The molecule has 2 fully saturated rings. The van der Waals surface area contributed by atoms with Gasteiger partial charge in [-0.05, 0) is 61.6 Å². The van der Waals surface area contributed by atoms with Crippen LogP contribution in [0.5, 0.6) is 0 Å². The molecule has 1 N–H and O–H groups in total. The summed E-state index contributed by atoms with van der Waals surface area (Å²) in [5, 5.41) is 7.52. The van der Waals surface area contributed by atoms with Crippen molar-refractivity contribution in [3.8, 4) is 0 Å². The van der Waals surface area contributed by atoms with Crippen LogP contribution in [0.15, 0.2) is 42.6 Å². The second-order valence-electron chi connectivity index (χ2n) is 11.9. The molecule has 2 saturated carbocycles. The molecule has 3 heterocycles. The molecule has 166 valence electrons. The lowest BCUT2D eigenvalue weighted by Crippen LogP contribution is -3.09. The van der Waals surface area contributed by atoms with Crippen molar-refractivity contribution < 1.29 is 5.01 Å². The quantitative estimate of drug-likeness (QED) is 0.537. The zero-order chi connectivity index (χ0) is 22.4. The third kappa shape index (κ3) is 1.87. The van der Waals surface area contributed by atoms with Gasteiger partial charge in [-0.3, -0.25) is 0 Å².